The van der Waals surface area contributed by atoms with Crippen LogP contribution in [0.15, 0.2) is 23.7 Å². The molecule has 2 aromatic rings. The van der Waals surface area contributed by atoms with E-state index in [1.165, 1.54) is 16.5 Å². The summed E-state index contributed by atoms with van der Waals surface area (Å²) in [5.41, 5.74) is 0. The zero-order valence-corrected chi connectivity index (χ0v) is 10.1. The molecule has 0 saturated carbocycles. The van der Waals surface area contributed by atoms with E-state index in [0.29, 0.717) is 6.04 Å². The first kappa shape index (κ1) is 10.1. The predicted octanol–water partition coefficient (Wildman–Crippen LogP) is 2.09. The number of hydrogen-bond donors (Lipinski definition) is 1. The van der Waals surface area contributed by atoms with Gasteiger partial charge in [0.15, 0.2) is 0 Å². The first-order chi connectivity index (χ1) is 7.86. The highest BCUT2D eigenvalue weighted by Crippen LogP contribution is 2.29. The van der Waals surface area contributed by atoms with Crippen molar-refractivity contribution in [3.8, 4) is 0 Å². The highest BCUT2D eigenvalue weighted by Gasteiger charge is 2.21. The van der Waals surface area contributed by atoms with Crippen LogP contribution >= 0.6 is 11.3 Å². The third kappa shape index (κ3) is 1.58. The second kappa shape index (κ2) is 4.03. The van der Waals surface area contributed by atoms with Gasteiger partial charge in [-0.05, 0) is 30.5 Å². The summed E-state index contributed by atoms with van der Waals surface area (Å²) in [6.07, 6.45) is 3.12. The summed E-state index contributed by atoms with van der Waals surface area (Å²) in [5.74, 6) is 1.12. The van der Waals surface area contributed by atoms with E-state index in [1.54, 1.807) is 11.3 Å². The van der Waals surface area contributed by atoms with Gasteiger partial charge in [0.25, 0.3) is 0 Å². The van der Waals surface area contributed by atoms with Crippen LogP contribution in [0.4, 0.5) is 5.82 Å². The van der Waals surface area contributed by atoms with E-state index >= 15 is 0 Å². The van der Waals surface area contributed by atoms with Crippen LogP contribution in [-0.4, -0.2) is 31.2 Å². The molecule has 0 spiro atoms. The maximum absolute atomic E-state index is 4.53. The first-order valence-corrected chi connectivity index (χ1v) is 6.50. The summed E-state index contributed by atoms with van der Waals surface area (Å²) >= 11 is 1.78. The number of aromatic nitrogens is 1. The van der Waals surface area contributed by atoms with Crippen molar-refractivity contribution in [1.29, 1.82) is 0 Å². The number of rotatable bonds is 2. The molecule has 1 aliphatic heterocycles. The summed E-state index contributed by atoms with van der Waals surface area (Å²) in [6.45, 7) is 2.19. The SMILES string of the molecule is CN(c1nccc2sccc12)C1CCNC1. The normalized spacial score (nSPS) is 20.4. The van der Waals surface area contributed by atoms with Gasteiger partial charge in [-0.3, -0.25) is 0 Å². The largest absolute Gasteiger partial charge is 0.355 e. The van der Waals surface area contributed by atoms with Crippen molar-refractivity contribution in [2.45, 2.75) is 12.5 Å². The van der Waals surface area contributed by atoms with E-state index in [2.05, 4.69) is 39.8 Å². The quantitative estimate of drug-likeness (QED) is 0.861. The van der Waals surface area contributed by atoms with E-state index in [0.717, 1.165) is 18.9 Å². The molecule has 1 saturated heterocycles. The Labute approximate surface area is 99.1 Å². The molecule has 0 radical (unpaired) electrons. The zero-order chi connectivity index (χ0) is 11.0. The van der Waals surface area contributed by atoms with Gasteiger partial charge < -0.3 is 10.2 Å². The number of likely N-dealkylation sites (N-methyl/N-ethyl adjacent to an activating group) is 1. The van der Waals surface area contributed by atoms with Crippen molar-refractivity contribution in [3.63, 3.8) is 0 Å². The molecular weight excluding hydrogens is 218 g/mol. The van der Waals surface area contributed by atoms with Gasteiger partial charge >= 0.3 is 0 Å². The Morgan fingerprint density at radius 2 is 2.44 bits per heavy atom. The Morgan fingerprint density at radius 1 is 1.50 bits per heavy atom. The number of nitrogens with zero attached hydrogens (tertiary/aromatic N) is 2. The Kier molecular flexibility index (Phi) is 2.53. The minimum Gasteiger partial charge on any atom is -0.355 e. The lowest BCUT2D eigenvalue weighted by atomic mass is 10.2. The molecule has 1 N–H and O–H groups in total. The number of thiophene rings is 1. The van der Waals surface area contributed by atoms with Crippen molar-refractivity contribution in [3.05, 3.63) is 23.7 Å². The molecule has 0 bridgehead atoms. The summed E-state index contributed by atoms with van der Waals surface area (Å²) < 4.78 is 1.32. The van der Waals surface area contributed by atoms with E-state index in [-0.39, 0.29) is 0 Å². The average molecular weight is 233 g/mol. The van der Waals surface area contributed by atoms with Crippen LogP contribution in [0.25, 0.3) is 10.1 Å². The first-order valence-electron chi connectivity index (χ1n) is 5.62. The monoisotopic (exact) mass is 233 g/mol. The topological polar surface area (TPSA) is 28.2 Å². The fourth-order valence-corrected chi connectivity index (χ4v) is 3.08. The molecule has 16 heavy (non-hydrogen) atoms. The lowest BCUT2D eigenvalue weighted by molar-refractivity contribution is 0.680. The Bertz CT molecular complexity index is 488. The highest BCUT2D eigenvalue weighted by molar-refractivity contribution is 7.17. The van der Waals surface area contributed by atoms with Crippen LogP contribution < -0.4 is 10.2 Å². The highest BCUT2D eigenvalue weighted by atomic mass is 32.1. The lowest BCUT2D eigenvalue weighted by Gasteiger charge is -2.25. The molecule has 1 unspecified atom stereocenters. The average Bonchev–Trinajstić information content (AvgIpc) is 2.98. The van der Waals surface area contributed by atoms with Gasteiger partial charge in [-0.2, -0.15) is 0 Å². The van der Waals surface area contributed by atoms with Crippen molar-refractivity contribution >= 4 is 27.2 Å². The van der Waals surface area contributed by atoms with Gasteiger partial charge in [-0.25, -0.2) is 4.98 Å². The zero-order valence-electron chi connectivity index (χ0n) is 9.31. The molecule has 1 aliphatic rings. The van der Waals surface area contributed by atoms with Gasteiger partial charge in [-0.1, -0.05) is 0 Å². The molecule has 0 aromatic carbocycles. The smallest absolute Gasteiger partial charge is 0.137 e. The molecule has 3 heterocycles. The Morgan fingerprint density at radius 3 is 3.25 bits per heavy atom. The fourth-order valence-electron chi connectivity index (χ4n) is 2.30. The molecule has 4 heteroatoms. The van der Waals surface area contributed by atoms with Crippen LogP contribution in [-0.2, 0) is 0 Å². The number of fused-ring (bicyclic) bond motifs is 1. The summed E-state index contributed by atoms with van der Waals surface area (Å²) in [6, 6.07) is 4.84. The molecule has 3 rings (SSSR count). The molecule has 2 aromatic heterocycles. The summed E-state index contributed by atoms with van der Waals surface area (Å²) in [4.78, 5) is 6.84. The van der Waals surface area contributed by atoms with Crippen molar-refractivity contribution in [2.24, 2.45) is 0 Å². The van der Waals surface area contributed by atoms with Crippen LogP contribution in [0.1, 0.15) is 6.42 Å². The molecule has 1 atom stereocenters. The predicted molar refractivity (Wildman–Crippen MR) is 69.3 cm³/mol. The molecule has 3 nitrogen and oxygen atoms in total. The maximum atomic E-state index is 4.53. The number of pyridine rings is 1. The van der Waals surface area contributed by atoms with Crippen molar-refractivity contribution in [1.82, 2.24) is 10.3 Å². The fraction of sp³-hybridized carbons (Fsp3) is 0.417. The third-order valence-corrected chi connectivity index (χ3v) is 4.16. The van der Waals surface area contributed by atoms with Gasteiger partial charge in [0.1, 0.15) is 5.82 Å². The number of anilines is 1. The van der Waals surface area contributed by atoms with Crippen LogP contribution in [0.5, 0.6) is 0 Å². The summed E-state index contributed by atoms with van der Waals surface area (Å²) in [5, 5.41) is 6.81. The summed E-state index contributed by atoms with van der Waals surface area (Å²) in [7, 11) is 2.15. The number of nitrogens with one attached hydrogen (secondary N) is 1. The second-order valence-electron chi connectivity index (χ2n) is 4.22. The van der Waals surface area contributed by atoms with Crippen LogP contribution in [0.3, 0.4) is 0 Å². The minimum atomic E-state index is 0.581. The molecule has 0 aliphatic carbocycles. The standard InChI is InChI=1S/C12H15N3S/c1-15(9-2-5-13-8-9)12-10-4-7-16-11(10)3-6-14-12/h3-4,6-7,9,13H,2,5,8H2,1H3. The Balaban J connectivity index is 2.00. The lowest BCUT2D eigenvalue weighted by Crippen LogP contribution is -2.33. The Hall–Kier alpha value is -1.13. The molecule has 84 valence electrons. The van der Waals surface area contributed by atoms with Crippen LogP contribution in [0, 0.1) is 0 Å². The molecule has 1 fully saturated rings. The van der Waals surface area contributed by atoms with E-state index in [9.17, 15) is 0 Å². The van der Waals surface area contributed by atoms with E-state index in [1.807, 2.05) is 6.20 Å². The van der Waals surface area contributed by atoms with Gasteiger partial charge in [0.05, 0.1) is 0 Å². The van der Waals surface area contributed by atoms with E-state index < -0.39 is 0 Å². The van der Waals surface area contributed by atoms with Crippen molar-refractivity contribution in [2.75, 3.05) is 25.0 Å². The van der Waals surface area contributed by atoms with E-state index in [4.69, 9.17) is 0 Å². The van der Waals surface area contributed by atoms with Crippen LogP contribution in [0.2, 0.25) is 0 Å². The minimum absolute atomic E-state index is 0.581. The van der Waals surface area contributed by atoms with Gasteiger partial charge in [-0.15, -0.1) is 11.3 Å². The van der Waals surface area contributed by atoms with Gasteiger partial charge in [0, 0.05) is 35.9 Å². The number of hydrogen-bond acceptors (Lipinski definition) is 4. The molecule has 0 amide bonds. The maximum Gasteiger partial charge on any atom is 0.137 e. The van der Waals surface area contributed by atoms with Gasteiger partial charge in [0.2, 0.25) is 0 Å². The van der Waals surface area contributed by atoms with Crippen molar-refractivity contribution < 1.29 is 0 Å². The third-order valence-electron chi connectivity index (χ3n) is 3.27. The molecular formula is C12H15N3S. The second-order valence-corrected chi connectivity index (χ2v) is 5.17.